The van der Waals surface area contributed by atoms with Gasteiger partial charge in [-0.25, -0.2) is 0 Å². The van der Waals surface area contributed by atoms with Crippen molar-refractivity contribution in [2.45, 2.75) is 82.8 Å². The van der Waals surface area contributed by atoms with Crippen LogP contribution in [0.15, 0.2) is 27.8 Å². The molecule has 5 heteroatoms. The van der Waals surface area contributed by atoms with Gasteiger partial charge in [0.2, 0.25) is 0 Å². The lowest BCUT2D eigenvalue weighted by Gasteiger charge is -2.35. The third kappa shape index (κ3) is 5.76. The van der Waals surface area contributed by atoms with E-state index in [1.807, 2.05) is 12.1 Å². The molecule has 1 aliphatic heterocycles. The van der Waals surface area contributed by atoms with Gasteiger partial charge in [-0.15, -0.1) is 0 Å². The van der Waals surface area contributed by atoms with Gasteiger partial charge in [0.05, 0.1) is 12.4 Å². The lowest BCUT2D eigenvalue weighted by molar-refractivity contribution is 0.000932. The average Bonchev–Trinajstić information content (AvgIpc) is 3.49. The van der Waals surface area contributed by atoms with Crippen molar-refractivity contribution < 1.29 is 9.15 Å². The van der Waals surface area contributed by atoms with E-state index in [4.69, 9.17) is 14.1 Å². The number of piperidine rings is 1. The number of guanidine groups is 1. The lowest BCUT2D eigenvalue weighted by atomic mass is 10.1. The van der Waals surface area contributed by atoms with Crippen molar-refractivity contribution in [2.24, 2.45) is 10.9 Å². The first kappa shape index (κ1) is 19.8. The van der Waals surface area contributed by atoms with Crippen LogP contribution in [-0.2, 0) is 11.2 Å². The van der Waals surface area contributed by atoms with Gasteiger partial charge >= 0.3 is 0 Å². The highest BCUT2D eigenvalue weighted by Gasteiger charge is 2.26. The Morgan fingerprint density at radius 3 is 2.54 bits per heavy atom. The second-order valence-electron chi connectivity index (χ2n) is 8.83. The Labute approximate surface area is 169 Å². The lowest BCUT2D eigenvalue weighted by Crippen LogP contribution is -2.49. The molecule has 28 heavy (non-hydrogen) atoms. The van der Waals surface area contributed by atoms with Crippen molar-refractivity contribution in [3.05, 3.63) is 24.2 Å². The Hall–Kier alpha value is -1.49. The molecule has 0 aromatic carbocycles. The normalized spacial score (nSPS) is 23.0. The van der Waals surface area contributed by atoms with Crippen molar-refractivity contribution >= 4 is 5.96 Å². The summed E-state index contributed by atoms with van der Waals surface area (Å²) in [5.41, 5.74) is 0. The minimum Gasteiger partial charge on any atom is -0.469 e. The third-order valence-electron chi connectivity index (χ3n) is 6.67. The summed E-state index contributed by atoms with van der Waals surface area (Å²) in [4.78, 5) is 7.40. The molecule has 0 amide bonds. The first-order valence-electron chi connectivity index (χ1n) is 11.6. The Balaban J connectivity index is 1.26. The molecular weight excluding hydrogens is 350 g/mol. The highest BCUT2D eigenvalue weighted by Crippen LogP contribution is 2.26. The second-order valence-corrected chi connectivity index (χ2v) is 8.83. The van der Waals surface area contributed by atoms with Crippen LogP contribution in [0.2, 0.25) is 0 Å². The monoisotopic (exact) mass is 387 g/mol. The fourth-order valence-corrected chi connectivity index (χ4v) is 4.90. The molecular formula is C23H37N3O2. The molecule has 0 spiro atoms. The van der Waals surface area contributed by atoms with Gasteiger partial charge in [0.1, 0.15) is 5.76 Å². The van der Waals surface area contributed by atoms with Gasteiger partial charge in [-0.2, -0.15) is 0 Å². The maximum absolute atomic E-state index is 6.26. The Morgan fingerprint density at radius 1 is 1.07 bits per heavy atom. The number of furan rings is 1. The molecule has 1 N–H and O–H groups in total. The predicted octanol–water partition coefficient (Wildman–Crippen LogP) is 4.38. The fourth-order valence-electron chi connectivity index (χ4n) is 4.90. The number of hydrogen-bond acceptors (Lipinski definition) is 3. The fraction of sp³-hybridized carbons (Fsp3) is 0.783. The van der Waals surface area contributed by atoms with Crippen LogP contribution in [0.1, 0.15) is 70.0 Å². The van der Waals surface area contributed by atoms with Gasteiger partial charge in [0.25, 0.3) is 0 Å². The third-order valence-corrected chi connectivity index (χ3v) is 6.67. The van der Waals surface area contributed by atoms with Crippen LogP contribution in [0.4, 0.5) is 0 Å². The van der Waals surface area contributed by atoms with Crippen molar-refractivity contribution in [1.29, 1.82) is 0 Å². The topological polar surface area (TPSA) is 50.0 Å². The maximum Gasteiger partial charge on any atom is 0.194 e. The Kier molecular flexibility index (Phi) is 7.31. The van der Waals surface area contributed by atoms with Crippen LogP contribution in [0.3, 0.4) is 0 Å². The van der Waals surface area contributed by atoms with Crippen molar-refractivity contribution in [3.8, 4) is 0 Å². The Bertz CT molecular complexity index is 581. The van der Waals surface area contributed by atoms with Crippen LogP contribution < -0.4 is 5.32 Å². The van der Waals surface area contributed by atoms with Crippen molar-refractivity contribution in [3.63, 3.8) is 0 Å². The van der Waals surface area contributed by atoms with Gasteiger partial charge < -0.3 is 19.4 Å². The first-order valence-corrected chi connectivity index (χ1v) is 11.6. The van der Waals surface area contributed by atoms with E-state index in [2.05, 4.69) is 10.2 Å². The molecule has 0 atom stereocenters. The standard InChI is InChI=1S/C23H37N3O2/c1-2-7-19(6-1)18-28-22-12-15-26(16-13-22)23(25-20-8-3-4-9-20)24-14-11-21-10-5-17-27-21/h5,10,17,19-20,22H,1-4,6-9,11-16,18H2,(H,24,25). The molecule has 1 aromatic rings. The number of ether oxygens (including phenoxy) is 1. The van der Waals surface area contributed by atoms with Gasteiger partial charge in [0, 0.05) is 38.7 Å². The first-order chi connectivity index (χ1) is 13.9. The van der Waals surface area contributed by atoms with Gasteiger partial charge in [0.15, 0.2) is 5.96 Å². The number of likely N-dealkylation sites (tertiary alicyclic amines) is 1. The SMILES string of the molecule is c1coc(CCN=C(NC2CCCC2)N2CCC(OCC3CCCC3)CC2)c1. The van der Waals surface area contributed by atoms with Crippen LogP contribution in [0.25, 0.3) is 0 Å². The molecule has 0 bridgehead atoms. The number of nitrogens with one attached hydrogen (secondary N) is 1. The molecule has 0 unspecified atom stereocenters. The molecule has 0 radical (unpaired) electrons. The summed E-state index contributed by atoms with van der Waals surface area (Å²) in [6.07, 6.45) is 16.1. The van der Waals surface area contributed by atoms with Gasteiger partial charge in [-0.1, -0.05) is 25.7 Å². The number of aliphatic imine (C=N–C) groups is 1. The zero-order valence-electron chi connectivity index (χ0n) is 17.3. The minimum atomic E-state index is 0.438. The van der Waals surface area contributed by atoms with E-state index in [-0.39, 0.29) is 0 Å². The number of nitrogens with zero attached hydrogens (tertiary/aromatic N) is 2. The van der Waals surface area contributed by atoms with E-state index in [1.165, 1.54) is 51.4 Å². The molecule has 1 saturated heterocycles. The van der Waals surface area contributed by atoms with Crippen molar-refractivity contribution in [1.82, 2.24) is 10.2 Å². The van der Waals surface area contributed by atoms with E-state index in [0.717, 1.165) is 63.1 Å². The average molecular weight is 388 g/mol. The summed E-state index contributed by atoms with van der Waals surface area (Å²) in [5, 5.41) is 3.76. The second kappa shape index (κ2) is 10.3. The molecule has 3 fully saturated rings. The highest BCUT2D eigenvalue weighted by molar-refractivity contribution is 5.80. The molecule has 4 rings (SSSR count). The summed E-state index contributed by atoms with van der Waals surface area (Å²) in [6.45, 7) is 3.86. The molecule has 2 heterocycles. The summed E-state index contributed by atoms with van der Waals surface area (Å²) in [6, 6.07) is 4.58. The van der Waals surface area contributed by atoms with E-state index >= 15 is 0 Å². The Morgan fingerprint density at radius 2 is 1.82 bits per heavy atom. The molecule has 2 saturated carbocycles. The van der Waals surface area contributed by atoms with E-state index < -0.39 is 0 Å². The summed E-state index contributed by atoms with van der Waals surface area (Å²) in [7, 11) is 0. The molecule has 1 aromatic heterocycles. The summed E-state index contributed by atoms with van der Waals surface area (Å²) < 4.78 is 11.7. The van der Waals surface area contributed by atoms with E-state index in [0.29, 0.717) is 12.1 Å². The molecule has 2 aliphatic carbocycles. The number of hydrogen-bond donors (Lipinski definition) is 1. The number of rotatable bonds is 7. The zero-order valence-corrected chi connectivity index (χ0v) is 17.3. The largest absolute Gasteiger partial charge is 0.469 e. The summed E-state index contributed by atoms with van der Waals surface area (Å²) in [5.74, 6) is 2.94. The van der Waals surface area contributed by atoms with Gasteiger partial charge in [-0.05, 0) is 56.6 Å². The molecule has 5 nitrogen and oxygen atoms in total. The predicted molar refractivity (Wildman–Crippen MR) is 113 cm³/mol. The maximum atomic E-state index is 6.26. The van der Waals surface area contributed by atoms with E-state index in [9.17, 15) is 0 Å². The molecule has 156 valence electrons. The summed E-state index contributed by atoms with van der Waals surface area (Å²) >= 11 is 0. The van der Waals surface area contributed by atoms with Crippen LogP contribution >= 0.6 is 0 Å². The van der Waals surface area contributed by atoms with Crippen LogP contribution in [0, 0.1) is 5.92 Å². The molecule has 3 aliphatic rings. The van der Waals surface area contributed by atoms with E-state index in [1.54, 1.807) is 6.26 Å². The van der Waals surface area contributed by atoms with Gasteiger partial charge in [-0.3, -0.25) is 4.99 Å². The zero-order chi connectivity index (χ0) is 19.0. The smallest absolute Gasteiger partial charge is 0.194 e. The highest BCUT2D eigenvalue weighted by atomic mass is 16.5. The minimum absolute atomic E-state index is 0.438. The quantitative estimate of drug-likeness (QED) is 0.557. The van der Waals surface area contributed by atoms with Crippen LogP contribution in [0.5, 0.6) is 0 Å². The van der Waals surface area contributed by atoms with Crippen LogP contribution in [-0.4, -0.2) is 49.2 Å². The van der Waals surface area contributed by atoms with Crippen molar-refractivity contribution in [2.75, 3.05) is 26.2 Å².